The van der Waals surface area contributed by atoms with Gasteiger partial charge in [0.05, 0.1) is 6.61 Å². The minimum Gasteiger partial charge on any atom is -0.494 e. The highest BCUT2D eigenvalue weighted by Crippen LogP contribution is 2.16. The largest absolute Gasteiger partial charge is 0.494 e. The number of carbonyl (C=O) groups excluding carboxylic acids is 1. The normalized spacial score (nSPS) is 10.1. The number of amides is 1. The van der Waals surface area contributed by atoms with Gasteiger partial charge in [-0.25, -0.2) is 0 Å². The van der Waals surface area contributed by atoms with Crippen molar-refractivity contribution >= 4 is 5.91 Å². The van der Waals surface area contributed by atoms with E-state index in [1.807, 2.05) is 12.1 Å². The topological polar surface area (TPSA) is 29.5 Å². The summed E-state index contributed by atoms with van der Waals surface area (Å²) in [6.07, 6.45) is 1.29. The van der Waals surface area contributed by atoms with E-state index in [1.165, 1.54) is 11.1 Å². The average Bonchev–Trinajstić information content (AvgIpc) is 2.22. The molecule has 0 atom stereocenters. The summed E-state index contributed by atoms with van der Waals surface area (Å²) in [5.41, 5.74) is 2.40. The lowest BCUT2D eigenvalue weighted by Crippen LogP contribution is -2.21. The summed E-state index contributed by atoms with van der Waals surface area (Å²) in [5, 5.41) is 0. The van der Waals surface area contributed by atoms with Crippen LogP contribution < -0.4 is 4.74 Å². The fourth-order valence-electron chi connectivity index (χ4n) is 1.65. The summed E-state index contributed by atoms with van der Waals surface area (Å²) in [4.78, 5) is 12.9. The van der Waals surface area contributed by atoms with E-state index in [9.17, 15) is 4.79 Å². The van der Waals surface area contributed by atoms with Gasteiger partial charge in [0.2, 0.25) is 5.91 Å². The fourth-order valence-corrected chi connectivity index (χ4v) is 1.65. The van der Waals surface area contributed by atoms with Crippen molar-refractivity contribution in [3.05, 3.63) is 29.3 Å². The maximum absolute atomic E-state index is 11.3. The summed E-state index contributed by atoms with van der Waals surface area (Å²) in [5.74, 6) is 1.04. The average molecular weight is 235 g/mol. The Kier molecular flexibility index (Phi) is 5.01. The molecule has 0 radical (unpaired) electrons. The molecule has 0 bridgehead atoms. The first-order valence-corrected chi connectivity index (χ1v) is 5.90. The fraction of sp³-hybridized carbons (Fsp3) is 0.500. The smallest absolute Gasteiger partial charge is 0.222 e. The van der Waals surface area contributed by atoms with E-state index in [1.54, 1.807) is 19.0 Å². The van der Waals surface area contributed by atoms with Gasteiger partial charge < -0.3 is 9.64 Å². The molecule has 0 saturated carbocycles. The Bertz CT molecular complexity index is 366. The molecule has 0 aliphatic heterocycles. The molecular weight excluding hydrogens is 214 g/mol. The van der Waals surface area contributed by atoms with Crippen molar-refractivity contribution in [1.29, 1.82) is 0 Å². The zero-order valence-electron chi connectivity index (χ0n) is 11.1. The molecule has 1 rings (SSSR count). The predicted molar refractivity (Wildman–Crippen MR) is 69.3 cm³/mol. The molecular formula is C14H21NO2. The van der Waals surface area contributed by atoms with Gasteiger partial charge in [0.25, 0.3) is 0 Å². The Morgan fingerprint density at radius 3 is 2.29 bits per heavy atom. The van der Waals surface area contributed by atoms with Gasteiger partial charge in [-0.3, -0.25) is 4.79 Å². The van der Waals surface area contributed by atoms with E-state index in [0.29, 0.717) is 13.0 Å². The number of rotatable bonds is 5. The van der Waals surface area contributed by atoms with Crippen LogP contribution in [0.2, 0.25) is 0 Å². The summed E-state index contributed by atoms with van der Waals surface area (Å²) in [7, 11) is 3.54. The van der Waals surface area contributed by atoms with Crippen LogP contribution in [0.15, 0.2) is 18.2 Å². The molecule has 0 unspecified atom stereocenters. The second kappa shape index (κ2) is 6.28. The Labute approximate surface area is 103 Å². The van der Waals surface area contributed by atoms with Gasteiger partial charge in [0.15, 0.2) is 0 Å². The van der Waals surface area contributed by atoms with Crippen molar-refractivity contribution in [2.75, 3.05) is 20.7 Å². The van der Waals surface area contributed by atoms with Gasteiger partial charge in [-0.15, -0.1) is 0 Å². The van der Waals surface area contributed by atoms with Crippen LogP contribution in [0.3, 0.4) is 0 Å². The van der Waals surface area contributed by atoms with Crippen LogP contribution in [0, 0.1) is 13.8 Å². The van der Waals surface area contributed by atoms with E-state index in [4.69, 9.17) is 4.74 Å². The molecule has 1 aromatic carbocycles. The molecule has 0 aromatic heterocycles. The van der Waals surface area contributed by atoms with Gasteiger partial charge in [-0.05, 0) is 43.5 Å². The van der Waals surface area contributed by atoms with E-state index >= 15 is 0 Å². The maximum Gasteiger partial charge on any atom is 0.222 e. The van der Waals surface area contributed by atoms with Crippen LogP contribution in [-0.4, -0.2) is 31.5 Å². The number of aryl methyl sites for hydroxylation is 2. The van der Waals surface area contributed by atoms with Crippen LogP contribution in [0.5, 0.6) is 5.75 Å². The first kappa shape index (κ1) is 13.6. The highest BCUT2D eigenvalue weighted by atomic mass is 16.5. The number of hydrogen-bond donors (Lipinski definition) is 0. The molecule has 17 heavy (non-hydrogen) atoms. The summed E-state index contributed by atoms with van der Waals surface area (Å²) in [6, 6.07) is 6.14. The second-order valence-electron chi connectivity index (χ2n) is 4.56. The van der Waals surface area contributed by atoms with Crippen molar-refractivity contribution in [2.45, 2.75) is 26.7 Å². The SMILES string of the molecule is Cc1cc(C)cc(OCCCC(=O)N(C)C)c1. The molecule has 0 aliphatic rings. The van der Waals surface area contributed by atoms with Crippen molar-refractivity contribution in [3.8, 4) is 5.75 Å². The molecule has 0 spiro atoms. The van der Waals surface area contributed by atoms with Crippen LogP contribution in [-0.2, 0) is 4.79 Å². The molecule has 0 fully saturated rings. The third-order valence-electron chi connectivity index (χ3n) is 2.50. The Hall–Kier alpha value is -1.51. The number of hydrogen-bond acceptors (Lipinski definition) is 2. The maximum atomic E-state index is 11.3. The monoisotopic (exact) mass is 235 g/mol. The third kappa shape index (κ3) is 4.89. The molecule has 94 valence electrons. The van der Waals surface area contributed by atoms with Crippen LogP contribution >= 0.6 is 0 Å². The highest BCUT2D eigenvalue weighted by molar-refractivity contribution is 5.75. The zero-order chi connectivity index (χ0) is 12.8. The zero-order valence-corrected chi connectivity index (χ0v) is 11.1. The van der Waals surface area contributed by atoms with Gasteiger partial charge >= 0.3 is 0 Å². The van der Waals surface area contributed by atoms with E-state index in [2.05, 4.69) is 19.9 Å². The Balaban J connectivity index is 2.33. The van der Waals surface area contributed by atoms with E-state index in [0.717, 1.165) is 12.2 Å². The molecule has 3 heteroatoms. The van der Waals surface area contributed by atoms with Gasteiger partial charge in [0.1, 0.15) is 5.75 Å². The van der Waals surface area contributed by atoms with Crippen LogP contribution in [0.25, 0.3) is 0 Å². The van der Waals surface area contributed by atoms with Crippen molar-refractivity contribution in [1.82, 2.24) is 4.90 Å². The van der Waals surface area contributed by atoms with Gasteiger partial charge in [-0.1, -0.05) is 6.07 Å². The highest BCUT2D eigenvalue weighted by Gasteiger charge is 2.03. The molecule has 1 aromatic rings. The Morgan fingerprint density at radius 1 is 1.18 bits per heavy atom. The first-order chi connectivity index (χ1) is 7.99. The third-order valence-corrected chi connectivity index (χ3v) is 2.50. The van der Waals surface area contributed by atoms with Crippen molar-refractivity contribution in [3.63, 3.8) is 0 Å². The second-order valence-corrected chi connectivity index (χ2v) is 4.56. The van der Waals surface area contributed by atoms with E-state index in [-0.39, 0.29) is 5.91 Å². The lowest BCUT2D eigenvalue weighted by atomic mass is 10.1. The number of benzene rings is 1. The number of ether oxygens (including phenoxy) is 1. The molecule has 0 aliphatic carbocycles. The van der Waals surface area contributed by atoms with Gasteiger partial charge in [-0.2, -0.15) is 0 Å². The molecule has 1 amide bonds. The quantitative estimate of drug-likeness (QED) is 0.734. The van der Waals surface area contributed by atoms with Crippen molar-refractivity contribution < 1.29 is 9.53 Å². The first-order valence-electron chi connectivity index (χ1n) is 5.90. The van der Waals surface area contributed by atoms with E-state index < -0.39 is 0 Å². The minimum absolute atomic E-state index is 0.147. The minimum atomic E-state index is 0.147. The predicted octanol–water partition coefficient (Wildman–Crippen LogP) is 2.55. The summed E-state index contributed by atoms with van der Waals surface area (Å²) < 4.78 is 5.63. The Morgan fingerprint density at radius 2 is 1.76 bits per heavy atom. The van der Waals surface area contributed by atoms with Gasteiger partial charge in [0, 0.05) is 20.5 Å². The molecule has 3 nitrogen and oxygen atoms in total. The van der Waals surface area contributed by atoms with Crippen LogP contribution in [0.4, 0.5) is 0 Å². The number of carbonyl (C=O) groups is 1. The molecule has 0 N–H and O–H groups in total. The number of nitrogens with zero attached hydrogens (tertiary/aromatic N) is 1. The standard InChI is InChI=1S/C14H21NO2/c1-11-8-12(2)10-13(9-11)17-7-5-6-14(16)15(3)4/h8-10H,5-7H2,1-4H3. The molecule has 0 heterocycles. The lowest BCUT2D eigenvalue weighted by Gasteiger charge is -2.11. The molecule has 0 saturated heterocycles. The van der Waals surface area contributed by atoms with Crippen molar-refractivity contribution in [2.24, 2.45) is 0 Å². The summed E-state index contributed by atoms with van der Waals surface area (Å²) >= 11 is 0. The lowest BCUT2D eigenvalue weighted by molar-refractivity contribution is -0.128. The summed E-state index contributed by atoms with van der Waals surface area (Å²) in [6.45, 7) is 4.69. The van der Waals surface area contributed by atoms with Crippen LogP contribution in [0.1, 0.15) is 24.0 Å².